The molecule has 2 aromatic rings. The first-order valence-electron chi connectivity index (χ1n) is 5.87. The maximum atomic E-state index is 9.35. The first kappa shape index (κ1) is 14.8. The Labute approximate surface area is 111 Å². The Morgan fingerprint density at radius 2 is 1.33 bits per heavy atom. The molecule has 18 heavy (non-hydrogen) atoms. The summed E-state index contributed by atoms with van der Waals surface area (Å²) in [5.41, 5.74) is 0.544. The second kappa shape index (κ2) is 7.27. The van der Waals surface area contributed by atoms with E-state index in [2.05, 4.69) is 9.24 Å². The molecule has 0 amide bonds. The van der Waals surface area contributed by atoms with E-state index in [4.69, 9.17) is 0 Å². The maximum absolute atomic E-state index is 9.35. The first-order chi connectivity index (χ1) is 8.56. The molecule has 0 spiro atoms. The summed E-state index contributed by atoms with van der Waals surface area (Å²) in [7, 11) is 2.63. The Bertz CT molecular complexity index is 441. The highest BCUT2D eigenvalue weighted by Gasteiger charge is 2.21. The number of benzene rings is 2. The van der Waals surface area contributed by atoms with Gasteiger partial charge in [-0.3, -0.25) is 0 Å². The van der Waals surface area contributed by atoms with E-state index in [9.17, 15) is 10.2 Å². The Kier molecular flexibility index (Phi) is 6.00. The average molecular weight is 262 g/mol. The number of rotatable bonds is 2. The minimum Gasteiger partial charge on any atom is -0.362 e. The molecular formula is C15H19O2P. The summed E-state index contributed by atoms with van der Waals surface area (Å²) in [6, 6.07) is 18.9. The highest BCUT2D eigenvalue weighted by Crippen LogP contribution is 2.20. The molecule has 2 nitrogen and oxygen atoms in total. The van der Waals surface area contributed by atoms with Gasteiger partial charge in [0.05, 0.1) is 0 Å². The van der Waals surface area contributed by atoms with Crippen molar-refractivity contribution in [2.45, 2.75) is 19.1 Å². The molecule has 2 rings (SSSR count). The van der Waals surface area contributed by atoms with Crippen molar-refractivity contribution in [1.82, 2.24) is 0 Å². The van der Waals surface area contributed by atoms with Crippen LogP contribution in [0.3, 0.4) is 0 Å². The first-order valence-corrected chi connectivity index (χ1v) is 6.45. The smallest absolute Gasteiger partial charge is 0.189 e. The van der Waals surface area contributed by atoms with Gasteiger partial charge in [-0.05, 0) is 5.30 Å². The summed E-state index contributed by atoms with van der Waals surface area (Å²) in [5, 5.41) is 19.9. The lowest BCUT2D eigenvalue weighted by molar-refractivity contribution is -0.171. The quantitative estimate of drug-likeness (QED) is 0.644. The molecule has 3 heteroatoms. The zero-order chi connectivity index (χ0) is 13.4. The van der Waals surface area contributed by atoms with E-state index in [-0.39, 0.29) is 0 Å². The fourth-order valence-electron chi connectivity index (χ4n) is 1.36. The lowest BCUT2D eigenvalue weighted by Gasteiger charge is -2.19. The van der Waals surface area contributed by atoms with Crippen molar-refractivity contribution < 1.29 is 10.2 Å². The van der Waals surface area contributed by atoms with Gasteiger partial charge in [-0.25, -0.2) is 0 Å². The van der Waals surface area contributed by atoms with Gasteiger partial charge in [0.25, 0.3) is 0 Å². The molecule has 1 atom stereocenters. The molecule has 2 aromatic carbocycles. The number of hydrogen-bond acceptors (Lipinski definition) is 2. The van der Waals surface area contributed by atoms with Crippen LogP contribution in [0, 0.1) is 0 Å². The molecule has 0 heterocycles. The van der Waals surface area contributed by atoms with Crippen LogP contribution in [-0.4, -0.2) is 10.2 Å². The van der Waals surface area contributed by atoms with Crippen molar-refractivity contribution in [3.05, 3.63) is 66.2 Å². The van der Waals surface area contributed by atoms with Crippen LogP contribution in [0.2, 0.25) is 0 Å². The third-order valence-electron chi connectivity index (χ3n) is 2.53. The van der Waals surface area contributed by atoms with Crippen molar-refractivity contribution >= 4 is 14.5 Å². The normalized spacial score (nSPS) is 10.4. The second-order valence-electron chi connectivity index (χ2n) is 3.95. The molecular weight excluding hydrogens is 243 g/mol. The Balaban J connectivity index is 0.000000199. The van der Waals surface area contributed by atoms with Gasteiger partial charge in [0.2, 0.25) is 0 Å². The highest BCUT2D eigenvalue weighted by molar-refractivity contribution is 7.27. The van der Waals surface area contributed by atoms with Gasteiger partial charge in [-0.15, -0.1) is 9.24 Å². The topological polar surface area (TPSA) is 40.5 Å². The molecule has 0 saturated heterocycles. The fraction of sp³-hybridized carbons (Fsp3) is 0.200. The molecule has 0 aromatic heterocycles. The minimum atomic E-state index is -1.67. The van der Waals surface area contributed by atoms with E-state index in [1.165, 1.54) is 5.30 Å². The molecule has 1 unspecified atom stereocenters. The van der Waals surface area contributed by atoms with Crippen LogP contribution in [-0.2, 0) is 5.79 Å². The maximum Gasteiger partial charge on any atom is 0.189 e. The largest absolute Gasteiger partial charge is 0.362 e. The van der Waals surface area contributed by atoms with E-state index >= 15 is 0 Å². The van der Waals surface area contributed by atoms with Crippen LogP contribution >= 0.6 is 9.24 Å². The molecule has 96 valence electrons. The zero-order valence-electron chi connectivity index (χ0n) is 10.5. The fourth-order valence-corrected chi connectivity index (χ4v) is 1.58. The second-order valence-corrected chi connectivity index (χ2v) is 4.61. The van der Waals surface area contributed by atoms with Crippen LogP contribution in [0.25, 0.3) is 0 Å². The van der Waals surface area contributed by atoms with E-state index in [1.54, 1.807) is 31.2 Å². The third kappa shape index (κ3) is 4.97. The molecule has 2 N–H and O–H groups in total. The third-order valence-corrected chi connectivity index (χ3v) is 2.91. The average Bonchev–Trinajstić information content (AvgIpc) is 2.41. The Morgan fingerprint density at radius 3 is 1.67 bits per heavy atom. The van der Waals surface area contributed by atoms with Gasteiger partial charge in [0.1, 0.15) is 0 Å². The molecule has 0 aliphatic carbocycles. The molecule has 0 saturated carbocycles. The van der Waals surface area contributed by atoms with Crippen LogP contribution in [0.1, 0.15) is 18.9 Å². The summed E-state index contributed by atoms with van der Waals surface area (Å²) in [4.78, 5) is 0. The molecule has 0 radical (unpaired) electrons. The van der Waals surface area contributed by atoms with Gasteiger partial charge >= 0.3 is 0 Å². The minimum absolute atomic E-state index is 0.303. The van der Waals surface area contributed by atoms with Crippen LogP contribution in [0.4, 0.5) is 0 Å². The van der Waals surface area contributed by atoms with E-state index in [1.807, 2.05) is 36.4 Å². The zero-order valence-corrected chi connectivity index (χ0v) is 11.6. The van der Waals surface area contributed by atoms with E-state index in [0.717, 1.165) is 0 Å². The predicted octanol–water partition coefficient (Wildman–Crippen LogP) is 2.42. The Morgan fingerprint density at radius 1 is 0.889 bits per heavy atom. The summed E-state index contributed by atoms with van der Waals surface area (Å²) in [5.74, 6) is -1.67. The van der Waals surface area contributed by atoms with Gasteiger partial charge in [0.15, 0.2) is 5.79 Å². The van der Waals surface area contributed by atoms with Crippen LogP contribution in [0.15, 0.2) is 60.7 Å². The summed E-state index contributed by atoms with van der Waals surface area (Å²) >= 11 is 0. The monoisotopic (exact) mass is 262 g/mol. The van der Waals surface area contributed by atoms with Gasteiger partial charge in [0, 0.05) is 12.0 Å². The van der Waals surface area contributed by atoms with Crippen molar-refractivity contribution in [1.29, 1.82) is 0 Å². The van der Waals surface area contributed by atoms with Gasteiger partial charge in [-0.1, -0.05) is 67.6 Å². The highest BCUT2D eigenvalue weighted by atomic mass is 31.0. The summed E-state index contributed by atoms with van der Waals surface area (Å²) in [6.07, 6.45) is 0.303. The van der Waals surface area contributed by atoms with Crippen molar-refractivity contribution in [3.8, 4) is 0 Å². The molecule has 0 aliphatic rings. The lowest BCUT2D eigenvalue weighted by atomic mass is 10.0. The number of hydrogen-bond donors (Lipinski definition) is 2. The van der Waals surface area contributed by atoms with Crippen LogP contribution in [0.5, 0.6) is 0 Å². The summed E-state index contributed by atoms with van der Waals surface area (Å²) < 4.78 is 0. The lowest BCUT2D eigenvalue weighted by Crippen LogP contribution is -2.23. The van der Waals surface area contributed by atoms with Gasteiger partial charge < -0.3 is 10.2 Å². The molecule has 0 aliphatic heterocycles. The summed E-state index contributed by atoms with van der Waals surface area (Å²) in [6.45, 7) is 1.73. The molecule has 0 bridgehead atoms. The SMILES string of the molecule is CCC(O)(O)c1ccccc1.Pc1ccccc1. The van der Waals surface area contributed by atoms with Crippen molar-refractivity contribution in [2.75, 3.05) is 0 Å². The number of aliphatic hydroxyl groups is 2. The predicted molar refractivity (Wildman–Crippen MR) is 78.6 cm³/mol. The van der Waals surface area contributed by atoms with Crippen molar-refractivity contribution in [2.24, 2.45) is 0 Å². The van der Waals surface area contributed by atoms with Crippen LogP contribution < -0.4 is 5.30 Å². The Hall–Kier alpha value is -1.21. The van der Waals surface area contributed by atoms with E-state index < -0.39 is 5.79 Å². The van der Waals surface area contributed by atoms with Crippen molar-refractivity contribution in [3.63, 3.8) is 0 Å². The van der Waals surface area contributed by atoms with Gasteiger partial charge in [-0.2, -0.15) is 0 Å². The molecule has 0 fully saturated rings. The van der Waals surface area contributed by atoms with E-state index in [0.29, 0.717) is 12.0 Å². The standard InChI is InChI=1S/C9H12O2.C6H7P/c1-2-9(10,11)8-6-4-3-5-7-8;7-6-4-2-1-3-5-6/h3-7,10-11H,2H2,1H3;1-5H,7H2.